The van der Waals surface area contributed by atoms with Crippen molar-refractivity contribution in [2.24, 2.45) is 0 Å². The second kappa shape index (κ2) is 12.8. The molecule has 1 N–H and O–H groups in total. The molecule has 5 rings (SSSR count). The molecule has 1 aromatic heterocycles. The molecule has 0 spiro atoms. The molecule has 42 heavy (non-hydrogen) atoms. The van der Waals surface area contributed by atoms with Crippen molar-refractivity contribution in [2.45, 2.75) is 39.2 Å². The standard InChI is InChI=1S/C32H31ClN2O6S/c1-4-6-16-41-24-14-9-20(17-25(24)39-3)28-27(29(36)19-7-11-22(12-8-19)40-15-5-2)30(37)31(38)35(28)32-34-23-13-10-21(33)18-26(23)42-32/h7-14,17-18,28,36H,4-6,15-16H2,1-3H3/b29-27+. The van der Waals surface area contributed by atoms with Gasteiger partial charge in [0.1, 0.15) is 11.5 Å². The number of halogens is 1. The Kier molecular flexibility index (Phi) is 8.99. The van der Waals surface area contributed by atoms with Gasteiger partial charge >= 0.3 is 5.91 Å². The van der Waals surface area contributed by atoms with Crippen LogP contribution in [0.2, 0.25) is 5.02 Å². The molecule has 1 amide bonds. The van der Waals surface area contributed by atoms with Crippen LogP contribution >= 0.6 is 22.9 Å². The first-order chi connectivity index (χ1) is 20.4. The molecule has 218 valence electrons. The molecule has 1 saturated heterocycles. The summed E-state index contributed by atoms with van der Waals surface area (Å²) in [6.45, 7) is 5.17. The van der Waals surface area contributed by atoms with Gasteiger partial charge in [-0.15, -0.1) is 0 Å². The number of Topliss-reactive ketones (excluding diaryl/α,β-unsaturated/α-hetero) is 1. The van der Waals surface area contributed by atoms with Gasteiger partial charge in [-0.05, 0) is 73.0 Å². The topological polar surface area (TPSA) is 98.2 Å². The summed E-state index contributed by atoms with van der Waals surface area (Å²) in [5.41, 5.74) is 1.52. The molecule has 1 aliphatic rings. The SMILES string of the molecule is CCCCOc1ccc(C2/C(=C(\O)c3ccc(OCCC)cc3)C(=O)C(=O)N2c2nc3ccc(Cl)cc3s2)cc1OC. The van der Waals surface area contributed by atoms with Gasteiger partial charge in [0.05, 0.1) is 42.2 Å². The number of aromatic nitrogens is 1. The van der Waals surface area contributed by atoms with Gasteiger partial charge in [-0.25, -0.2) is 4.98 Å². The molecule has 2 heterocycles. The predicted octanol–water partition coefficient (Wildman–Crippen LogP) is 7.55. The summed E-state index contributed by atoms with van der Waals surface area (Å²) in [5, 5.41) is 12.4. The highest BCUT2D eigenvalue weighted by Gasteiger charge is 2.48. The summed E-state index contributed by atoms with van der Waals surface area (Å²) in [4.78, 5) is 33.3. The largest absolute Gasteiger partial charge is 0.507 e. The number of hydrogen-bond donors (Lipinski definition) is 1. The monoisotopic (exact) mass is 606 g/mol. The Morgan fingerprint density at radius 1 is 0.976 bits per heavy atom. The van der Waals surface area contributed by atoms with Gasteiger partial charge < -0.3 is 19.3 Å². The number of ether oxygens (including phenoxy) is 3. The van der Waals surface area contributed by atoms with E-state index >= 15 is 0 Å². The number of fused-ring (bicyclic) bond motifs is 1. The van der Waals surface area contributed by atoms with E-state index in [1.807, 2.05) is 6.92 Å². The number of hydrogen-bond acceptors (Lipinski definition) is 8. The van der Waals surface area contributed by atoms with Crippen LogP contribution in [0.15, 0.2) is 66.2 Å². The minimum atomic E-state index is -0.976. The molecule has 1 fully saturated rings. The first kappa shape index (κ1) is 29.4. The molecular formula is C32H31ClN2O6S. The minimum Gasteiger partial charge on any atom is -0.507 e. The molecule has 0 saturated carbocycles. The number of thiazole rings is 1. The molecule has 1 atom stereocenters. The average molecular weight is 607 g/mol. The zero-order valence-electron chi connectivity index (χ0n) is 23.6. The van der Waals surface area contributed by atoms with Crippen LogP contribution in [-0.4, -0.2) is 42.1 Å². The lowest BCUT2D eigenvalue weighted by atomic mass is 9.95. The zero-order valence-corrected chi connectivity index (χ0v) is 25.1. The number of unbranched alkanes of at least 4 members (excludes halogenated alkanes) is 1. The van der Waals surface area contributed by atoms with E-state index < -0.39 is 17.7 Å². The van der Waals surface area contributed by atoms with Crippen LogP contribution in [-0.2, 0) is 9.59 Å². The van der Waals surface area contributed by atoms with Crippen LogP contribution < -0.4 is 19.1 Å². The summed E-state index contributed by atoms with van der Waals surface area (Å²) in [5.74, 6) is -0.275. The Bertz CT molecular complexity index is 1650. The first-order valence-electron chi connectivity index (χ1n) is 13.8. The van der Waals surface area contributed by atoms with Crippen molar-refractivity contribution in [3.8, 4) is 17.2 Å². The normalized spacial score (nSPS) is 16.3. The number of nitrogens with zero attached hydrogens (tertiary/aromatic N) is 2. The number of aliphatic hydroxyl groups is 1. The minimum absolute atomic E-state index is 0.0544. The van der Waals surface area contributed by atoms with Gasteiger partial charge in [-0.3, -0.25) is 14.5 Å². The Labute approximate surface area is 253 Å². The van der Waals surface area contributed by atoms with Gasteiger partial charge in [-0.2, -0.15) is 0 Å². The van der Waals surface area contributed by atoms with Gasteiger partial charge in [0.2, 0.25) is 0 Å². The van der Waals surface area contributed by atoms with Gasteiger partial charge in [0, 0.05) is 10.6 Å². The lowest BCUT2D eigenvalue weighted by molar-refractivity contribution is -0.132. The number of benzene rings is 3. The third-order valence-electron chi connectivity index (χ3n) is 6.85. The average Bonchev–Trinajstić information content (AvgIpc) is 3.53. The number of methoxy groups -OCH3 is 1. The quantitative estimate of drug-likeness (QED) is 0.0814. The highest BCUT2D eigenvalue weighted by Crippen LogP contribution is 2.46. The van der Waals surface area contributed by atoms with Crippen LogP contribution in [0.5, 0.6) is 17.2 Å². The van der Waals surface area contributed by atoms with Crippen LogP contribution in [0.4, 0.5) is 5.13 Å². The van der Waals surface area contributed by atoms with Crippen molar-refractivity contribution in [2.75, 3.05) is 25.2 Å². The van der Waals surface area contributed by atoms with Gasteiger partial charge in [0.15, 0.2) is 16.6 Å². The maximum Gasteiger partial charge on any atom is 0.301 e. The van der Waals surface area contributed by atoms with E-state index in [1.165, 1.54) is 23.3 Å². The highest BCUT2D eigenvalue weighted by atomic mass is 35.5. The molecule has 0 aliphatic carbocycles. The van der Waals surface area contributed by atoms with Gasteiger partial charge in [-0.1, -0.05) is 49.3 Å². The van der Waals surface area contributed by atoms with Crippen molar-refractivity contribution in [1.29, 1.82) is 0 Å². The molecule has 8 nitrogen and oxygen atoms in total. The van der Waals surface area contributed by atoms with Crippen LogP contribution in [0.1, 0.15) is 50.3 Å². The van der Waals surface area contributed by atoms with Crippen molar-refractivity contribution < 1.29 is 28.9 Å². The Morgan fingerprint density at radius 2 is 1.76 bits per heavy atom. The Hall–Kier alpha value is -4.08. The maximum atomic E-state index is 13.6. The first-order valence-corrected chi connectivity index (χ1v) is 15.0. The summed E-state index contributed by atoms with van der Waals surface area (Å²) in [6, 6.07) is 16.3. The van der Waals surface area contributed by atoms with Gasteiger partial charge in [0.25, 0.3) is 5.78 Å². The van der Waals surface area contributed by atoms with E-state index in [1.54, 1.807) is 60.7 Å². The third-order valence-corrected chi connectivity index (χ3v) is 8.10. The Morgan fingerprint density at radius 3 is 2.48 bits per heavy atom. The summed E-state index contributed by atoms with van der Waals surface area (Å²) >= 11 is 7.44. The molecule has 4 aromatic rings. The summed E-state index contributed by atoms with van der Waals surface area (Å²) in [7, 11) is 1.53. The number of ketones is 1. The number of carbonyl (C=O) groups is 2. The number of amides is 1. The van der Waals surface area contributed by atoms with Crippen LogP contribution in [0.25, 0.3) is 16.0 Å². The zero-order chi connectivity index (χ0) is 29.8. The van der Waals surface area contributed by atoms with Crippen molar-refractivity contribution in [1.82, 2.24) is 4.98 Å². The Balaban J connectivity index is 1.64. The lowest BCUT2D eigenvalue weighted by Gasteiger charge is -2.24. The second-order valence-electron chi connectivity index (χ2n) is 9.76. The fraction of sp³-hybridized carbons (Fsp3) is 0.281. The molecule has 1 unspecified atom stereocenters. The highest BCUT2D eigenvalue weighted by molar-refractivity contribution is 7.22. The smallest absolute Gasteiger partial charge is 0.301 e. The molecule has 1 aliphatic heterocycles. The molecule has 3 aromatic carbocycles. The molecule has 0 radical (unpaired) electrons. The molecule has 10 heteroatoms. The van der Waals surface area contributed by atoms with Crippen LogP contribution in [0, 0.1) is 0 Å². The lowest BCUT2D eigenvalue weighted by Crippen LogP contribution is -2.29. The van der Waals surface area contributed by atoms with E-state index in [-0.39, 0.29) is 11.3 Å². The maximum absolute atomic E-state index is 13.6. The third kappa shape index (κ3) is 5.80. The number of carbonyl (C=O) groups excluding carboxylic acids is 2. The number of aliphatic hydroxyl groups excluding tert-OH is 1. The second-order valence-corrected chi connectivity index (χ2v) is 11.2. The van der Waals surface area contributed by atoms with Crippen molar-refractivity contribution in [3.05, 3.63) is 82.4 Å². The number of anilines is 1. The fourth-order valence-corrected chi connectivity index (χ4v) is 5.99. The van der Waals surface area contributed by atoms with Crippen LogP contribution in [0.3, 0.4) is 0 Å². The molecule has 0 bridgehead atoms. The molecular weight excluding hydrogens is 576 g/mol. The van der Waals surface area contributed by atoms with Crippen molar-refractivity contribution in [3.63, 3.8) is 0 Å². The van der Waals surface area contributed by atoms with E-state index in [2.05, 4.69) is 11.9 Å². The summed E-state index contributed by atoms with van der Waals surface area (Å²) < 4.78 is 18.0. The van der Waals surface area contributed by atoms with E-state index in [9.17, 15) is 14.7 Å². The predicted molar refractivity (Wildman–Crippen MR) is 165 cm³/mol. The number of rotatable bonds is 11. The van der Waals surface area contributed by atoms with E-state index in [0.29, 0.717) is 57.3 Å². The summed E-state index contributed by atoms with van der Waals surface area (Å²) in [6.07, 6.45) is 2.72. The van der Waals surface area contributed by atoms with Crippen molar-refractivity contribution >= 4 is 55.7 Å². The van der Waals surface area contributed by atoms with E-state index in [4.69, 9.17) is 25.8 Å². The fourth-order valence-electron chi connectivity index (χ4n) is 4.72. The van der Waals surface area contributed by atoms with E-state index in [0.717, 1.165) is 24.0 Å².